The first kappa shape index (κ1) is 23.6. The van der Waals surface area contributed by atoms with E-state index in [0.29, 0.717) is 17.9 Å². The summed E-state index contributed by atoms with van der Waals surface area (Å²) in [6.07, 6.45) is 3.81. The van der Waals surface area contributed by atoms with Crippen LogP contribution in [0.1, 0.15) is 49.0 Å². The number of nitrogens with zero attached hydrogens (tertiary/aromatic N) is 2. The number of hydrogen-bond donors (Lipinski definition) is 1. The third-order valence-electron chi connectivity index (χ3n) is 6.03. The molecule has 0 radical (unpaired) electrons. The van der Waals surface area contributed by atoms with E-state index in [0.717, 1.165) is 18.7 Å². The Morgan fingerprint density at radius 2 is 1.62 bits per heavy atom. The number of carbonyl (C=O) groups excluding carboxylic acids is 2. The van der Waals surface area contributed by atoms with Gasteiger partial charge in [0.05, 0.1) is 7.11 Å². The summed E-state index contributed by atoms with van der Waals surface area (Å²) in [4.78, 5) is 30.0. The number of nitrogens with one attached hydrogen (secondary N) is 1. The van der Waals surface area contributed by atoms with Gasteiger partial charge in [0.1, 0.15) is 11.8 Å². The standard InChI is InChI=1S/C26H35N3O3/c1-19(2)24(27-25(30)21-10-14-23(32-4)15-11-21)26(31)28(3)18-20-8-12-22(13-9-20)29-16-6-5-7-17-29/h8-15,19,24H,5-7,16-18H2,1-4H3,(H,27,30)/t24-/m0/s1. The Balaban J connectivity index is 1.61. The van der Waals surface area contributed by atoms with E-state index in [1.807, 2.05) is 13.8 Å². The highest BCUT2D eigenvalue weighted by Crippen LogP contribution is 2.21. The third-order valence-corrected chi connectivity index (χ3v) is 6.03. The highest BCUT2D eigenvalue weighted by Gasteiger charge is 2.27. The van der Waals surface area contributed by atoms with Gasteiger partial charge in [0, 0.05) is 37.9 Å². The first-order chi connectivity index (χ1) is 15.4. The van der Waals surface area contributed by atoms with Crippen LogP contribution in [0.25, 0.3) is 0 Å². The summed E-state index contributed by atoms with van der Waals surface area (Å²) in [6.45, 7) is 6.61. The van der Waals surface area contributed by atoms with Crippen LogP contribution in [0, 0.1) is 5.92 Å². The second kappa shape index (κ2) is 11.0. The second-order valence-electron chi connectivity index (χ2n) is 8.83. The molecule has 172 valence electrons. The fraction of sp³-hybridized carbons (Fsp3) is 0.462. The predicted octanol–water partition coefficient (Wildman–Crippen LogP) is 4.10. The van der Waals surface area contributed by atoms with Crippen molar-refractivity contribution in [2.24, 2.45) is 5.92 Å². The zero-order valence-corrected chi connectivity index (χ0v) is 19.6. The van der Waals surface area contributed by atoms with Crippen LogP contribution in [0.2, 0.25) is 0 Å². The van der Waals surface area contributed by atoms with E-state index in [4.69, 9.17) is 4.74 Å². The summed E-state index contributed by atoms with van der Waals surface area (Å²) in [5.41, 5.74) is 2.82. The molecule has 1 atom stereocenters. The van der Waals surface area contributed by atoms with Gasteiger partial charge in [-0.2, -0.15) is 0 Å². The normalized spacial score (nSPS) is 14.7. The van der Waals surface area contributed by atoms with Crippen LogP contribution in [-0.2, 0) is 11.3 Å². The molecule has 3 rings (SSSR count). The van der Waals surface area contributed by atoms with Crippen molar-refractivity contribution in [3.8, 4) is 5.75 Å². The lowest BCUT2D eigenvalue weighted by Gasteiger charge is -2.29. The number of anilines is 1. The van der Waals surface area contributed by atoms with Gasteiger partial charge in [-0.25, -0.2) is 0 Å². The van der Waals surface area contributed by atoms with E-state index >= 15 is 0 Å². The highest BCUT2D eigenvalue weighted by molar-refractivity contribution is 5.97. The summed E-state index contributed by atoms with van der Waals surface area (Å²) in [5, 5.41) is 2.91. The Kier molecular flexibility index (Phi) is 8.14. The van der Waals surface area contributed by atoms with Crippen LogP contribution in [-0.4, -0.2) is 50.0 Å². The topological polar surface area (TPSA) is 61.9 Å². The molecule has 32 heavy (non-hydrogen) atoms. The maximum atomic E-state index is 13.2. The van der Waals surface area contributed by atoms with Gasteiger partial charge in [0.2, 0.25) is 5.91 Å². The highest BCUT2D eigenvalue weighted by atomic mass is 16.5. The van der Waals surface area contributed by atoms with Gasteiger partial charge >= 0.3 is 0 Å². The molecule has 1 aliphatic heterocycles. The molecular formula is C26H35N3O3. The molecule has 6 heteroatoms. The zero-order valence-electron chi connectivity index (χ0n) is 19.6. The van der Waals surface area contributed by atoms with Gasteiger partial charge in [-0.15, -0.1) is 0 Å². The monoisotopic (exact) mass is 437 g/mol. The Morgan fingerprint density at radius 3 is 2.19 bits per heavy atom. The van der Waals surface area contributed by atoms with Crippen molar-refractivity contribution in [3.63, 3.8) is 0 Å². The van der Waals surface area contributed by atoms with Gasteiger partial charge in [-0.3, -0.25) is 9.59 Å². The number of rotatable bonds is 8. The number of carbonyl (C=O) groups is 2. The average Bonchev–Trinajstić information content (AvgIpc) is 2.82. The maximum Gasteiger partial charge on any atom is 0.251 e. The molecule has 0 bridgehead atoms. The molecule has 2 aromatic rings. The zero-order chi connectivity index (χ0) is 23.1. The maximum absolute atomic E-state index is 13.2. The van der Waals surface area contributed by atoms with Crippen LogP contribution >= 0.6 is 0 Å². The molecule has 2 amide bonds. The Hall–Kier alpha value is -3.02. The molecule has 1 saturated heterocycles. The summed E-state index contributed by atoms with van der Waals surface area (Å²) in [6, 6.07) is 14.7. The molecule has 6 nitrogen and oxygen atoms in total. The summed E-state index contributed by atoms with van der Waals surface area (Å²) in [7, 11) is 3.37. The summed E-state index contributed by atoms with van der Waals surface area (Å²) in [5.74, 6) is 0.290. The number of likely N-dealkylation sites (N-methyl/N-ethyl adjacent to an activating group) is 1. The first-order valence-corrected chi connectivity index (χ1v) is 11.4. The molecule has 1 fully saturated rings. The number of amides is 2. The van der Waals surface area contributed by atoms with E-state index in [1.54, 1.807) is 43.3 Å². The van der Waals surface area contributed by atoms with Crippen molar-refractivity contribution in [2.45, 2.75) is 45.7 Å². The van der Waals surface area contributed by atoms with Gasteiger partial charge in [0.15, 0.2) is 0 Å². The van der Waals surface area contributed by atoms with Crippen molar-refractivity contribution in [1.29, 1.82) is 0 Å². The molecule has 0 aliphatic carbocycles. The van der Waals surface area contributed by atoms with E-state index in [1.165, 1.54) is 24.9 Å². The molecule has 1 heterocycles. The molecule has 0 spiro atoms. The van der Waals surface area contributed by atoms with Crippen LogP contribution in [0.4, 0.5) is 5.69 Å². The van der Waals surface area contributed by atoms with Crippen molar-refractivity contribution in [2.75, 3.05) is 32.1 Å². The lowest BCUT2D eigenvalue weighted by atomic mass is 10.0. The van der Waals surface area contributed by atoms with Crippen LogP contribution < -0.4 is 15.0 Å². The first-order valence-electron chi connectivity index (χ1n) is 11.4. The Labute approximate surface area is 191 Å². The fourth-order valence-electron chi connectivity index (χ4n) is 4.03. The largest absolute Gasteiger partial charge is 0.497 e. The van der Waals surface area contributed by atoms with Crippen LogP contribution in [0.15, 0.2) is 48.5 Å². The van der Waals surface area contributed by atoms with E-state index < -0.39 is 6.04 Å². The minimum atomic E-state index is -0.595. The minimum Gasteiger partial charge on any atom is -0.497 e. The molecule has 2 aromatic carbocycles. The molecule has 0 saturated carbocycles. The number of piperidine rings is 1. The van der Waals surface area contributed by atoms with Gasteiger partial charge in [-0.05, 0) is 67.1 Å². The van der Waals surface area contributed by atoms with E-state index in [9.17, 15) is 9.59 Å². The molecule has 0 unspecified atom stereocenters. The SMILES string of the molecule is COc1ccc(C(=O)N[C@H](C(=O)N(C)Cc2ccc(N3CCCCC3)cc2)C(C)C)cc1. The Bertz CT molecular complexity index is 888. The number of ether oxygens (including phenoxy) is 1. The van der Waals surface area contributed by atoms with Gasteiger partial charge in [-0.1, -0.05) is 26.0 Å². The minimum absolute atomic E-state index is 0.0337. The van der Waals surface area contributed by atoms with E-state index in [-0.39, 0.29) is 17.7 Å². The van der Waals surface area contributed by atoms with Crippen LogP contribution in [0.5, 0.6) is 5.75 Å². The quantitative estimate of drug-likeness (QED) is 0.676. The molecule has 1 N–H and O–H groups in total. The van der Waals surface area contributed by atoms with Crippen molar-refractivity contribution in [3.05, 3.63) is 59.7 Å². The predicted molar refractivity (Wildman–Crippen MR) is 128 cm³/mol. The van der Waals surface area contributed by atoms with Gasteiger partial charge < -0.3 is 19.9 Å². The van der Waals surface area contributed by atoms with Crippen molar-refractivity contribution >= 4 is 17.5 Å². The summed E-state index contributed by atoms with van der Waals surface area (Å²) >= 11 is 0. The number of benzene rings is 2. The van der Waals surface area contributed by atoms with Crippen molar-refractivity contribution < 1.29 is 14.3 Å². The van der Waals surface area contributed by atoms with Crippen molar-refractivity contribution in [1.82, 2.24) is 10.2 Å². The molecular weight excluding hydrogens is 402 g/mol. The smallest absolute Gasteiger partial charge is 0.251 e. The lowest BCUT2D eigenvalue weighted by Crippen LogP contribution is -2.50. The lowest BCUT2D eigenvalue weighted by molar-refractivity contribution is -0.133. The van der Waals surface area contributed by atoms with Crippen LogP contribution in [0.3, 0.4) is 0 Å². The third kappa shape index (κ3) is 6.02. The average molecular weight is 438 g/mol. The number of methoxy groups -OCH3 is 1. The second-order valence-corrected chi connectivity index (χ2v) is 8.83. The molecule has 1 aliphatic rings. The number of hydrogen-bond acceptors (Lipinski definition) is 4. The summed E-state index contributed by atoms with van der Waals surface area (Å²) < 4.78 is 5.14. The van der Waals surface area contributed by atoms with E-state index in [2.05, 4.69) is 34.5 Å². The molecule has 0 aromatic heterocycles. The fourth-order valence-corrected chi connectivity index (χ4v) is 4.03. The van der Waals surface area contributed by atoms with Gasteiger partial charge in [0.25, 0.3) is 5.91 Å². The Morgan fingerprint density at radius 1 is 1.00 bits per heavy atom.